The first-order valence-corrected chi connectivity index (χ1v) is 8.28. The van der Waals surface area contributed by atoms with E-state index in [1.807, 2.05) is 12.3 Å². The molecule has 1 spiro atoms. The summed E-state index contributed by atoms with van der Waals surface area (Å²) in [6.45, 7) is 5.86. The highest BCUT2D eigenvalue weighted by Crippen LogP contribution is 2.36. The molecule has 5 nitrogen and oxygen atoms in total. The molecule has 1 N–H and O–H groups in total. The first-order chi connectivity index (χ1) is 10.3. The lowest BCUT2D eigenvalue weighted by Crippen LogP contribution is -2.62. The Hall–Kier alpha value is -1.36. The molecule has 1 saturated carbocycles. The Morgan fingerprint density at radius 1 is 1.33 bits per heavy atom. The fourth-order valence-corrected chi connectivity index (χ4v) is 3.56. The zero-order valence-electron chi connectivity index (χ0n) is 13.0. The lowest BCUT2D eigenvalue weighted by atomic mass is 9.79. The summed E-state index contributed by atoms with van der Waals surface area (Å²) < 4.78 is 5.67. The van der Waals surface area contributed by atoms with Crippen LogP contribution >= 0.6 is 0 Å². The molecule has 2 fully saturated rings. The fourth-order valence-electron chi connectivity index (χ4n) is 3.56. The Morgan fingerprint density at radius 3 is 3.00 bits per heavy atom. The van der Waals surface area contributed by atoms with Crippen molar-refractivity contribution in [3.05, 3.63) is 12.3 Å². The normalized spacial score (nSPS) is 21.5. The van der Waals surface area contributed by atoms with Crippen LogP contribution in [0.4, 0.5) is 5.95 Å². The van der Waals surface area contributed by atoms with Crippen LogP contribution in [0.1, 0.15) is 45.4 Å². The second-order valence-corrected chi connectivity index (χ2v) is 6.16. The minimum Gasteiger partial charge on any atom is -0.478 e. The van der Waals surface area contributed by atoms with Crippen molar-refractivity contribution in [2.75, 3.05) is 31.1 Å². The van der Waals surface area contributed by atoms with Gasteiger partial charge in [-0.1, -0.05) is 26.2 Å². The largest absolute Gasteiger partial charge is 0.478 e. The summed E-state index contributed by atoms with van der Waals surface area (Å²) in [6, 6.07) is 1.86. The van der Waals surface area contributed by atoms with E-state index in [1.54, 1.807) is 0 Å². The smallest absolute Gasteiger partial charge is 0.229 e. The van der Waals surface area contributed by atoms with Gasteiger partial charge in [0.25, 0.3) is 0 Å². The third-order valence-corrected chi connectivity index (χ3v) is 4.64. The molecule has 3 rings (SSSR count). The van der Waals surface area contributed by atoms with Gasteiger partial charge in [-0.3, -0.25) is 0 Å². The van der Waals surface area contributed by atoms with Crippen LogP contribution in [0.3, 0.4) is 0 Å². The molecule has 1 aromatic heterocycles. The van der Waals surface area contributed by atoms with Gasteiger partial charge in [-0.15, -0.1) is 0 Å². The van der Waals surface area contributed by atoms with Crippen LogP contribution in [-0.2, 0) is 0 Å². The third kappa shape index (κ3) is 3.12. The highest BCUT2D eigenvalue weighted by atomic mass is 16.5. The van der Waals surface area contributed by atoms with E-state index in [9.17, 15) is 0 Å². The molecule has 2 aliphatic rings. The molecule has 116 valence electrons. The number of piperazine rings is 1. The Bertz CT molecular complexity index is 451. The second kappa shape index (κ2) is 6.60. The summed E-state index contributed by atoms with van der Waals surface area (Å²) >= 11 is 0. The lowest BCUT2D eigenvalue weighted by Gasteiger charge is -2.49. The summed E-state index contributed by atoms with van der Waals surface area (Å²) in [5, 5.41) is 3.57. The van der Waals surface area contributed by atoms with E-state index in [-0.39, 0.29) is 5.54 Å². The number of hydrogen-bond donors (Lipinski definition) is 1. The van der Waals surface area contributed by atoms with Crippen LogP contribution in [0.15, 0.2) is 12.3 Å². The summed E-state index contributed by atoms with van der Waals surface area (Å²) in [5.41, 5.74) is 0.208. The molecule has 21 heavy (non-hydrogen) atoms. The highest BCUT2D eigenvalue weighted by Gasteiger charge is 2.41. The molecule has 1 saturated heterocycles. The van der Waals surface area contributed by atoms with Gasteiger partial charge in [0.05, 0.1) is 12.1 Å². The summed E-state index contributed by atoms with van der Waals surface area (Å²) in [7, 11) is 0. The van der Waals surface area contributed by atoms with Crippen molar-refractivity contribution in [2.45, 2.75) is 51.0 Å². The zero-order chi connectivity index (χ0) is 14.5. The van der Waals surface area contributed by atoms with E-state index in [4.69, 9.17) is 4.74 Å². The van der Waals surface area contributed by atoms with Gasteiger partial charge in [0.2, 0.25) is 11.8 Å². The molecule has 5 heteroatoms. The lowest BCUT2D eigenvalue weighted by molar-refractivity contribution is 0.237. The molecule has 1 aromatic rings. The van der Waals surface area contributed by atoms with Gasteiger partial charge in [0, 0.05) is 31.9 Å². The zero-order valence-corrected chi connectivity index (χ0v) is 13.0. The van der Waals surface area contributed by atoms with Gasteiger partial charge in [0.1, 0.15) is 0 Å². The number of hydrogen-bond acceptors (Lipinski definition) is 5. The van der Waals surface area contributed by atoms with E-state index >= 15 is 0 Å². The number of nitrogens with one attached hydrogen (secondary N) is 1. The third-order valence-electron chi connectivity index (χ3n) is 4.64. The van der Waals surface area contributed by atoms with Gasteiger partial charge in [-0.2, -0.15) is 4.98 Å². The van der Waals surface area contributed by atoms with Crippen molar-refractivity contribution in [2.24, 2.45) is 0 Å². The first kappa shape index (κ1) is 14.6. The van der Waals surface area contributed by atoms with E-state index in [2.05, 4.69) is 27.1 Å². The van der Waals surface area contributed by atoms with Gasteiger partial charge < -0.3 is 15.0 Å². The van der Waals surface area contributed by atoms with Crippen LogP contribution in [0, 0.1) is 0 Å². The predicted molar refractivity (Wildman–Crippen MR) is 83.8 cm³/mol. The molecule has 1 aliphatic carbocycles. The van der Waals surface area contributed by atoms with E-state index in [0.717, 1.165) is 32.0 Å². The topological polar surface area (TPSA) is 50.3 Å². The van der Waals surface area contributed by atoms with Gasteiger partial charge in [-0.25, -0.2) is 4.98 Å². The highest BCUT2D eigenvalue weighted by molar-refractivity contribution is 5.38. The number of ether oxygens (including phenoxy) is 1. The van der Waals surface area contributed by atoms with Crippen molar-refractivity contribution in [1.82, 2.24) is 15.3 Å². The SMILES string of the molecule is CCCOc1ccnc(N2CCNCC23CCCCC3)n1. The standard InChI is InChI=1S/C16H26N4O/c1-2-12-21-14-6-9-18-15(19-14)20-11-10-17-13-16(20)7-4-3-5-8-16/h6,9,17H,2-5,7-8,10-13H2,1H3. The Kier molecular flexibility index (Phi) is 4.58. The number of nitrogens with zero attached hydrogens (tertiary/aromatic N) is 3. The molecular formula is C16H26N4O. The maximum absolute atomic E-state index is 5.67. The summed E-state index contributed by atoms with van der Waals surface area (Å²) in [5.74, 6) is 1.54. The van der Waals surface area contributed by atoms with E-state index in [0.29, 0.717) is 12.5 Å². The molecular weight excluding hydrogens is 264 g/mol. The van der Waals surface area contributed by atoms with Crippen LogP contribution in [0.25, 0.3) is 0 Å². The van der Waals surface area contributed by atoms with Crippen molar-refractivity contribution in [3.63, 3.8) is 0 Å². The van der Waals surface area contributed by atoms with Crippen LogP contribution in [-0.4, -0.2) is 41.7 Å². The summed E-state index contributed by atoms with van der Waals surface area (Å²) in [4.78, 5) is 11.6. The molecule has 0 amide bonds. The Balaban J connectivity index is 1.82. The van der Waals surface area contributed by atoms with Crippen LogP contribution < -0.4 is 15.0 Å². The molecule has 0 atom stereocenters. The molecule has 0 aromatic carbocycles. The van der Waals surface area contributed by atoms with Gasteiger partial charge in [0.15, 0.2) is 0 Å². The fraction of sp³-hybridized carbons (Fsp3) is 0.750. The van der Waals surface area contributed by atoms with Crippen molar-refractivity contribution in [1.29, 1.82) is 0 Å². The minimum atomic E-state index is 0.208. The van der Waals surface area contributed by atoms with Crippen molar-refractivity contribution >= 4 is 5.95 Å². The maximum Gasteiger partial charge on any atom is 0.229 e. The molecule has 0 unspecified atom stereocenters. The monoisotopic (exact) mass is 290 g/mol. The van der Waals surface area contributed by atoms with Crippen molar-refractivity contribution in [3.8, 4) is 5.88 Å². The number of rotatable bonds is 4. The van der Waals surface area contributed by atoms with Gasteiger partial charge in [-0.05, 0) is 19.3 Å². The minimum absolute atomic E-state index is 0.208. The number of aromatic nitrogens is 2. The van der Waals surface area contributed by atoms with E-state index < -0.39 is 0 Å². The van der Waals surface area contributed by atoms with Crippen LogP contribution in [0.2, 0.25) is 0 Å². The summed E-state index contributed by atoms with van der Waals surface area (Å²) in [6.07, 6.45) is 9.28. The van der Waals surface area contributed by atoms with Crippen molar-refractivity contribution < 1.29 is 4.74 Å². The average molecular weight is 290 g/mol. The molecule has 1 aliphatic heterocycles. The Morgan fingerprint density at radius 2 is 2.19 bits per heavy atom. The van der Waals surface area contributed by atoms with Gasteiger partial charge >= 0.3 is 0 Å². The number of anilines is 1. The van der Waals surface area contributed by atoms with Crippen LogP contribution in [0.5, 0.6) is 5.88 Å². The average Bonchev–Trinajstić information content (AvgIpc) is 2.54. The first-order valence-electron chi connectivity index (χ1n) is 8.28. The second-order valence-electron chi connectivity index (χ2n) is 6.16. The predicted octanol–water partition coefficient (Wildman–Crippen LogP) is 2.38. The van der Waals surface area contributed by atoms with E-state index in [1.165, 1.54) is 32.1 Å². The molecule has 0 radical (unpaired) electrons. The quantitative estimate of drug-likeness (QED) is 0.922. The molecule has 0 bridgehead atoms. The Labute approximate surface area is 127 Å². The maximum atomic E-state index is 5.67. The molecule has 2 heterocycles.